The van der Waals surface area contributed by atoms with Gasteiger partial charge in [-0.05, 0) is 306 Å². The predicted octanol–water partition coefficient (Wildman–Crippen LogP) is 27.8. The minimum atomic E-state index is 0.187. The molecular weight excluding hydrogens is 1800 g/mol. The van der Waals surface area contributed by atoms with Gasteiger partial charge in [-0.2, -0.15) is 0 Å². The molecule has 0 bridgehead atoms. The highest BCUT2D eigenvalue weighted by Gasteiger charge is 2.51. The van der Waals surface area contributed by atoms with Crippen LogP contribution in [0, 0.1) is 29.1 Å². The third-order valence-corrected chi connectivity index (χ3v) is 32.1. The van der Waals surface area contributed by atoms with E-state index in [1.807, 2.05) is 18.2 Å². The summed E-state index contributed by atoms with van der Waals surface area (Å²) in [6.07, 6.45) is 7.41. The lowest BCUT2D eigenvalue weighted by Crippen LogP contribution is -2.71. The Labute approximate surface area is 896 Å². The Hall–Kier alpha value is -9.12. The molecule has 1 saturated carbocycles. The molecule has 9 aromatic carbocycles. The van der Waals surface area contributed by atoms with Gasteiger partial charge in [0.15, 0.2) is 0 Å². The molecule has 0 aromatic heterocycles. The zero-order valence-electron chi connectivity index (χ0n) is 98.7. The van der Waals surface area contributed by atoms with Crippen molar-refractivity contribution in [3.63, 3.8) is 0 Å². The topological polar surface area (TPSA) is 63.3 Å². The summed E-state index contributed by atoms with van der Waals surface area (Å²) in [6.45, 7) is 84.8. The minimum Gasteiger partial charge on any atom is -0.497 e. The van der Waals surface area contributed by atoms with Crippen LogP contribution in [0.3, 0.4) is 0 Å². The first-order chi connectivity index (χ1) is 68.7. The monoisotopic (exact) mass is 2000 g/mol. The van der Waals surface area contributed by atoms with E-state index in [0.29, 0.717) is 29.1 Å². The quantitative estimate of drug-likeness (QED) is 0.116. The summed E-state index contributed by atoms with van der Waals surface area (Å²) in [5.74, 6) is 6.67. The lowest BCUT2D eigenvalue weighted by atomic mass is 9.73. The van der Waals surface area contributed by atoms with E-state index in [2.05, 4.69) is 496 Å². The molecule has 20 rings (SSSR count). The Kier molecular flexibility index (Phi) is 38.9. The summed E-state index contributed by atoms with van der Waals surface area (Å²) in [6, 6.07) is 81.9. The lowest BCUT2D eigenvalue weighted by molar-refractivity contribution is -0.00240. The molecule has 10 aliphatic heterocycles. The number of rotatable bonds is 11. The van der Waals surface area contributed by atoms with Crippen molar-refractivity contribution in [1.82, 2.24) is 29.4 Å². The maximum Gasteiger partial charge on any atom is 0.124 e. The van der Waals surface area contributed by atoms with Gasteiger partial charge in [0.25, 0.3) is 0 Å². The number of benzene rings is 9. The number of hydrogen-bond acceptors (Lipinski definition) is 14. The van der Waals surface area contributed by atoms with Crippen molar-refractivity contribution >= 4 is 28.4 Å². The van der Waals surface area contributed by atoms with Gasteiger partial charge in [-0.3, -0.25) is 9.80 Å². The van der Waals surface area contributed by atoms with Gasteiger partial charge >= 0.3 is 0 Å². The van der Waals surface area contributed by atoms with Crippen LogP contribution in [0.25, 0.3) is 0 Å². The van der Waals surface area contributed by atoms with Gasteiger partial charge < -0.3 is 58.3 Å². The number of anilines is 5. The maximum atomic E-state index is 6.11. The van der Waals surface area contributed by atoms with Crippen molar-refractivity contribution in [2.24, 2.45) is 29.1 Å². The largest absolute Gasteiger partial charge is 0.497 e. The Morgan fingerprint density at radius 1 is 0.252 bits per heavy atom. The average molecular weight is 2000 g/mol. The second kappa shape index (κ2) is 49.1. The first-order valence-corrected chi connectivity index (χ1v) is 56.0. The van der Waals surface area contributed by atoms with Gasteiger partial charge in [-0.1, -0.05) is 321 Å². The molecule has 147 heavy (non-hydrogen) atoms. The molecule has 0 radical (unpaired) electrons. The maximum absolute atomic E-state index is 6.11. The molecule has 1 spiro atoms. The fourth-order valence-electron chi connectivity index (χ4n) is 22.2. The van der Waals surface area contributed by atoms with Crippen LogP contribution in [0.1, 0.15) is 269 Å². The zero-order chi connectivity index (χ0) is 107. The number of likely N-dealkylation sites (tertiary alicyclic amines) is 4. The standard InChI is InChI=1S/C17H26N2.C17H24N2.C17H25N.C16H24N2.C16H25NO.C15H24N2.C14H21NO.C11H16O.C10H14/c2*1-17(2,3)15-6-5-7-16(8-15)19-11-13-9-18(4)10-14(13)12-19;1-17(2,3)15-8-5-9-16(10-15)18-11-13-6-4-7-14(13)12-18;1-15(2,3)13-6-5-7-14(8-13)18-11-16(12-18)9-17(4)10-16;1-16(2,3)13-6-5-7-15(12-13)18-14-8-10-17(4)11-9-14;1-15(2,3)12-7-6-8-13(9-12)17-10-14(11-17)16(4)5;1-14(2,3)11-6-5-7-12(8-11)16-13-9-15(4)10-13;1-11(2,3)9-6-5-7-10(8-9)12-4;1-10(2,3)9-7-5-4-6-8-9/h5-8,13-14H,9-12H2,1-4H3;5-8H,9-12H2,1-4H3;5,8-10,13-14H,4,6-7,11-12H2,1-3H3;5-8H,9-12H2,1-4H3;5-7,12,14H,8-11H2,1-4H3;6-9,14H,10-11H2,1-5H3;5-8,13H,9-10H2,1-4H3;5-8H,1-4H3;4-8H,1-3H3. The van der Waals surface area contributed by atoms with Crippen molar-refractivity contribution < 1.29 is 14.2 Å². The van der Waals surface area contributed by atoms with Crippen molar-refractivity contribution in [2.45, 2.75) is 286 Å². The predicted molar refractivity (Wildman–Crippen MR) is 634 cm³/mol. The van der Waals surface area contributed by atoms with E-state index in [9.17, 15) is 0 Å². The molecular formula is C133H199N11O3. The normalized spacial score (nSPS) is 20.4. The smallest absolute Gasteiger partial charge is 0.124 e. The third-order valence-electron chi connectivity index (χ3n) is 32.1. The molecule has 14 heteroatoms. The van der Waals surface area contributed by atoms with Crippen molar-refractivity contribution in [1.29, 1.82) is 0 Å². The first-order valence-electron chi connectivity index (χ1n) is 56.0. The lowest BCUT2D eigenvalue weighted by Gasteiger charge is -2.60. The second-order valence-electron chi connectivity index (χ2n) is 55.0. The third kappa shape index (κ3) is 33.9. The van der Waals surface area contributed by atoms with E-state index >= 15 is 0 Å². The number of hydrogen-bond donors (Lipinski definition) is 0. The highest BCUT2D eigenvalue weighted by Crippen LogP contribution is 2.45. The molecule has 11 aliphatic rings. The van der Waals surface area contributed by atoms with Crippen molar-refractivity contribution in [3.8, 4) is 17.2 Å². The number of piperidine rings is 1. The molecule has 9 fully saturated rings. The van der Waals surface area contributed by atoms with E-state index in [4.69, 9.17) is 14.2 Å². The number of likely N-dealkylation sites (N-methyl/N-ethyl adjacent to an activating group) is 3. The Morgan fingerprint density at radius 3 is 0.871 bits per heavy atom. The average Bonchev–Trinajstić information content (AvgIpc) is 1.73. The van der Waals surface area contributed by atoms with Crippen LogP contribution in [0.5, 0.6) is 17.2 Å². The summed E-state index contributed by atoms with van der Waals surface area (Å²) in [5.41, 5.74) is 25.6. The molecule has 0 amide bonds. The molecule has 9 aromatic rings. The Balaban J connectivity index is 0.000000148. The molecule has 10 heterocycles. The van der Waals surface area contributed by atoms with Gasteiger partial charge in [0.1, 0.15) is 29.5 Å². The van der Waals surface area contributed by atoms with Crippen molar-refractivity contribution in [3.05, 3.63) is 286 Å². The molecule has 4 unspecified atom stereocenters. The fourth-order valence-corrected chi connectivity index (χ4v) is 22.2. The Morgan fingerprint density at radius 2 is 0.544 bits per heavy atom. The molecule has 0 N–H and O–H groups in total. The summed E-state index contributed by atoms with van der Waals surface area (Å²) in [5, 5.41) is 0. The Bertz CT molecular complexity index is 5520. The highest BCUT2D eigenvalue weighted by atomic mass is 16.5. The van der Waals surface area contributed by atoms with Crippen LogP contribution >= 0.6 is 0 Å². The zero-order valence-corrected chi connectivity index (χ0v) is 98.7. The van der Waals surface area contributed by atoms with E-state index in [-0.39, 0.29) is 43.3 Å². The summed E-state index contributed by atoms with van der Waals surface area (Å²) in [7, 11) is 17.0. The van der Waals surface area contributed by atoms with Crippen LogP contribution in [-0.4, -0.2) is 235 Å². The van der Waals surface area contributed by atoms with Gasteiger partial charge in [0, 0.05) is 171 Å². The fraction of sp³-hybridized carbons (Fsp3) is 0.579. The number of nitrogens with zero attached hydrogens (tertiary/aromatic N) is 11. The molecule has 4 atom stereocenters. The van der Waals surface area contributed by atoms with Gasteiger partial charge in [0.05, 0.1) is 7.11 Å². The van der Waals surface area contributed by atoms with Crippen LogP contribution < -0.4 is 38.7 Å². The summed E-state index contributed by atoms with van der Waals surface area (Å²) < 4.78 is 17.2. The number of methoxy groups -OCH3 is 1. The highest BCUT2D eigenvalue weighted by molar-refractivity contribution is 5.59. The molecule has 804 valence electrons. The van der Waals surface area contributed by atoms with Gasteiger partial charge in [-0.15, -0.1) is 0 Å². The van der Waals surface area contributed by atoms with Crippen LogP contribution in [0.15, 0.2) is 236 Å². The molecule has 8 saturated heterocycles. The van der Waals surface area contributed by atoms with Gasteiger partial charge in [-0.25, -0.2) is 0 Å². The van der Waals surface area contributed by atoms with E-state index in [1.54, 1.807) is 18.3 Å². The summed E-state index contributed by atoms with van der Waals surface area (Å²) >= 11 is 0. The number of fused-ring (bicyclic) bond motifs is 2. The minimum absolute atomic E-state index is 0.187. The van der Waals surface area contributed by atoms with Crippen molar-refractivity contribution in [2.75, 3.05) is 212 Å². The summed E-state index contributed by atoms with van der Waals surface area (Å²) in [4.78, 5) is 27.0. The second-order valence-corrected chi connectivity index (χ2v) is 55.0. The molecule has 1 aliphatic carbocycles. The van der Waals surface area contributed by atoms with E-state index in [1.165, 1.54) is 163 Å². The molecule has 14 nitrogen and oxygen atoms in total. The van der Waals surface area contributed by atoms with E-state index in [0.717, 1.165) is 119 Å². The van der Waals surface area contributed by atoms with Gasteiger partial charge in [0.2, 0.25) is 0 Å². The van der Waals surface area contributed by atoms with Crippen LogP contribution in [-0.2, 0) is 48.7 Å². The number of ether oxygens (including phenoxy) is 3. The van der Waals surface area contributed by atoms with Crippen LogP contribution in [0.2, 0.25) is 0 Å². The van der Waals surface area contributed by atoms with Crippen LogP contribution in [0.4, 0.5) is 28.4 Å². The van der Waals surface area contributed by atoms with E-state index < -0.39 is 0 Å². The first kappa shape index (κ1) is 117. The SMILES string of the molecule is CC(C)(C)c1cccc(N2CC3CCCC3C2)c1.CC(C)(C)c1ccccc1.CN(C)C1CN(c2cccc(C(C)(C)C)c2)C1.CN1CC(Oc2cccc(C(C)(C)C)c2)C1.CN1CC2(C1)CN(c1cccc(C(C)(C)C)c1)C2.CN1CC2=C(C1)CN(c1cccc(C(C)(C)C)c1)C2.CN1CC2CN(c3cccc(C(C)(C)C)c3)CC2C1.CN1CCC(Oc2cccc(C(C)(C)C)c2)CC1.COc1cccc(C(C)(C)C)c1.